The van der Waals surface area contributed by atoms with Gasteiger partial charge in [-0.1, -0.05) is 31.5 Å². The first-order chi connectivity index (χ1) is 14.7. The highest BCUT2D eigenvalue weighted by Crippen LogP contribution is 2.32. The van der Waals surface area contributed by atoms with Crippen LogP contribution in [0.3, 0.4) is 0 Å². The fourth-order valence-electron chi connectivity index (χ4n) is 3.41. The second-order valence-electron chi connectivity index (χ2n) is 10.1. The smallest absolute Gasteiger partial charge is 0.408 e. The van der Waals surface area contributed by atoms with E-state index >= 15 is 0 Å². The van der Waals surface area contributed by atoms with Gasteiger partial charge in [-0.25, -0.2) is 4.79 Å². The van der Waals surface area contributed by atoms with Gasteiger partial charge in [-0.05, 0) is 78.5 Å². The third kappa shape index (κ3) is 8.17. The van der Waals surface area contributed by atoms with Crippen LogP contribution in [0.25, 0.3) is 0 Å². The summed E-state index contributed by atoms with van der Waals surface area (Å²) < 4.78 is 5.25. The Morgan fingerprint density at radius 3 is 2.19 bits per heavy atom. The van der Waals surface area contributed by atoms with E-state index in [9.17, 15) is 14.4 Å². The van der Waals surface area contributed by atoms with Crippen LogP contribution in [0.5, 0.6) is 0 Å². The van der Waals surface area contributed by atoms with Crippen LogP contribution in [0, 0.1) is 13.8 Å². The minimum absolute atomic E-state index is 0.229. The maximum Gasteiger partial charge on any atom is 0.408 e. The number of benzene rings is 1. The standard InChI is InChI=1S/C25H41N3O4/c1-10-11-15-26-22(30)21(19-14-12-13-17(2)18(19)3)28(24(4,5)6)20(29)16-27-23(31)32-25(7,8)9/h12-14,21H,10-11,15-16H2,1-9H3,(H,26,30)(H,27,31). The van der Waals surface area contributed by atoms with Crippen molar-refractivity contribution in [1.29, 1.82) is 0 Å². The summed E-state index contributed by atoms with van der Waals surface area (Å²) in [6.07, 6.45) is 1.14. The van der Waals surface area contributed by atoms with Crippen molar-refractivity contribution in [3.63, 3.8) is 0 Å². The number of alkyl carbamates (subject to hydrolysis) is 1. The monoisotopic (exact) mass is 447 g/mol. The molecule has 0 bridgehead atoms. The third-order valence-electron chi connectivity index (χ3n) is 5.05. The number of ether oxygens (including phenoxy) is 1. The summed E-state index contributed by atoms with van der Waals surface area (Å²) in [6.45, 7) is 17.2. The summed E-state index contributed by atoms with van der Waals surface area (Å²) in [5.41, 5.74) is 1.44. The summed E-state index contributed by atoms with van der Waals surface area (Å²) >= 11 is 0. The highest BCUT2D eigenvalue weighted by atomic mass is 16.6. The molecule has 0 saturated heterocycles. The molecule has 1 atom stereocenters. The minimum Gasteiger partial charge on any atom is -0.444 e. The van der Waals surface area contributed by atoms with E-state index in [1.165, 1.54) is 0 Å². The van der Waals surface area contributed by atoms with E-state index in [1.807, 2.05) is 52.8 Å². The van der Waals surface area contributed by atoms with Crippen LogP contribution in [0.2, 0.25) is 0 Å². The Morgan fingerprint density at radius 2 is 1.66 bits per heavy atom. The number of rotatable bonds is 8. The van der Waals surface area contributed by atoms with Gasteiger partial charge in [0.25, 0.3) is 0 Å². The van der Waals surface area contributed by atoms with Gasteiger partial charge in [0.05, 0.1) is 0 Å². The van der Waals surface area contributed by atoms with Gasteiger partial charge in [-0.3, -0.25) is 9.59 Å². The van der Waals surface area contributed by atoms with Gasteiger partial charge in [0.1, 0.15) is 18.2 Å². The molecule has 32 heavy (non-hydrogen) atoms. The maximum atomic E-state index is 13.4. The fraction of sp³-hybridized carbons (Fsp3) is 0.640. The first kappa shape index (κ1) is 27.5. The number of carbonyl (C=O) groups is 3. The summed E-state index contributed by atoms with van der Waals surface area (Å²) in [7, 11) is 0. The Morgan fingerprint density at radius 1 is 1.03 bits per heavy atom. The Hall–Kier alpha value is -2.57. The molecular weight excluding hydrogens is 406 g/mol. The lowest BCUT2D eigenvalue weighted by molar-refractivity contribution is -0.146. The van der Waals surface area contributed by atoms with Gasteiger partial charge in [-0.2, -0.15) is 0 Å². The first-order valence-corrected chi connectivity index (χ1v) is 11.3. The molecular formula is C25H41N3O4. The zero-order valence-electron chi connectivity index (χ0n) is 21.2. The second kappa shape index (κ2) is 11.3. The fourth-order valence-corrected chi connectivity index (χ4v) is 3.41. The van der Waals surface area contributed by atoms with E-state index in [4.69, 9.17) is 4.74 Å². The van der Waals surface area contributed by atoms with E-state index in [2.05, 4.69) is 17.6 Å². The molecule has 0 fully saturated rings. The molecule has 0 saturated carbocycles. The van der Waals surface area contributed by atoms with Gasteiger partial charge in [0.15, 0.2) is 0 Å². The Balaban J connectivity index is 3.31. The number of nitrogens with zero attached hydrogens (tertiary/aromatic N) is 1. The largest absolute Gasteiger partial charge is 0.444 e. The molecule has 0 aliphatic rings. The van der Waals surface area contributed by atoms with Gasteiger partial charge in [-0.15, -0.1) is 0 Å². The van der Waals surface area contributed by atoms with Crippen LogP contribution < -0.4 is 10.6 Å². The first-order valence-electron chi connectivity index (χ1n) is 11.3. The molecule has 1 aromatic rings. The average molecular weight is 448 g/mol. The van der Waals surface area contributed by atoms with Gasteiger partial charge in [0, 0.05) is 12.1 Å². The topological polar surface area (TPSA) is 87.7 Å². The number of aryl methyl sites for hydroxylation is 1. The summed E-state index contributed by atoms with van der Waals surface area (Å²) in [4.78, 5) is 40.4. The van der Waals surface area contributed by atoms with Crippen molar-refractivity contribution in [2.45, 2.75) is 92.3 Å². The lowest BCUT2D eigenvalue weighted by atomic mass is 9.92. The molecule has 0 radical (unpaired) electrons. The number of carbonyl (C=O) groups excluding carboxylic acids is 3. The Bertz CT molecular complexity index is 806. The SMILES string of the molecule is CCCCNC(=O)C(c1cccc(C)c1C)N(C(=O)CNC(=O)OC(C)(C)C)C(C)(C)C. The van der Waals surface area contributed by atoms with Crippen molar-refractivity contribution in [2.24, 2.45) is 0 Å². The summed E-state index contributed by atoms with van der Waals surface area (Å²) in [6, 6.07) is 4.95. The molecule has 0 aromatic heterocycles. The quantitative estimate of drug-likeness (QED) is 0.578. The number of unbranched alkanes of at least 4 members (excludes halogenated alkanes) is 1. The molecule has 0 aliphatic heterocycles. The van der Waals surface area contributed by atoms with E-state index < -0.39 is 23.3 Å². The Kier molecular flexibility index (Phi) is 9.73. The normalized spacial score (nSPS) is 12.7. The molecule has 0 aliphatic carbocycles. The Labute approximate surface area is 193 Å². The molecule has 180 valence electrons. The number of hydrogen-bond donors (Lipinski definition) is 2. The maximum absolute atomic E-state index is 13.4. The molecule has 7 nitrogen and oxygen atoms in total. The predicted octanol–water partition coefficient (Wildman–Crippen LogP) is 4.41. The van der Waals surface area contributed by atoms with Crippen molar-refractivity contribution >= 4 is 17.9 Å². The molecule has 3 amide bonds. The summed E-state index contributed by atoms with van der Waals surface area (Å²) in [5, 5.41) is 5.52. The van der Waals surface area contributed by atoms with Crippen LogP contribution in [-0.2, 0) is 14.3 Å². The molecule has 1 unspecified atom stereocenters. The summed E-state index contributed by atoms with van der Waals surface area (Å²) in [5.74, 6) is -0.590. The number of nitrogens with one attached hydrogen (secondary N) is 2. The lowest BCUT2D eigenvalue weighted by Gasteiger charge is -2.42. The van der Waals surface area contributed by atoms with Crippen LogP contribution in [0.1, 0.15) is 84.0 Å². The van der Waals surface area contributed by atoms with E-state index in [1.54, 1.807) is 25.7 Å². The van der Waals surface area contributed by atoms with E-state index in [0.29, 0.717) is 6.54 Å². The average Bonchev–Trinajstić information content (AvgIpc) is 2.64. The van der Waals surface area contributed by atoms with Gasteiger partial charge >= 0.3 is 6.09 Å². The van der Waals surface area contributed by atoms with Crippen LogP contribution in [0.15, 0.2) is 18.2 Å². The second-order valence-corrected chi connectivity index (χ2v) is 10.1. The van der Waals surface area contributed by atoms with Crippen LogP contribution >= 0.6 is 0 Å². The number of amides is 3. The van der Waals surface area contributed by atoms with Crippen molar-refractivity contribution in [3.05, 3.63) is 34.9 Å². The molecule has 1 rings (SSSR count). The molecule has 0 heterocycles. The minimum atomic E-state index is -0.820. The van der Waals surface area contributed by atoms with Crippen molar-refractivity contribution in [3.8, 4) is 0 Å². The molecule has 1 aromatic carbocycles. The molecule has 0 spiro atoms. The van der Waals surface area contributed by atoms with E-state index in [-0.39, 0.29) is 18.4 Å². The van der Waals surface area contributed by atoms with Gasteiger partial charge < -0.3 is 20.3 Å². The van der Waals surface area contributed by atoms with Crippen molar-refractivity contribution in [1.82, 2.24) is 15.5 Å². The van der Waals surface area contributed by atoms with Crippen LogP contribution in [0.4, 0.5) is 4.79 Å². The van der Waals surface area contributed by atoms with Crippen molar-refractivity contribution in [2.75, 3.05) is 13.1 Å². The van der Waals surface area contributed by atoms with Crippen molar-refractivity contribution < 1.29 is 19.1 Å². The van der Waals surface area contributed by atoms with Gasteiger partial charge in [0.2, 0.25) is 11.8 Å². The van der Waals surface area contributed by atoms with E-state index in [0.717, 1.165) is 29.5 Å². The van der Waals surface area contributed by atoms with Crippen LogP contribution in [-0.4, -0.2) is 47.0 Å². The third-order valence-corrected chi connectivity index (χ3v) is 5.05. The highest BCUT2D eigenvalue weighted by molar-refractivity contribution is 5.91. The zero-order valence-corrected chi connectivity index (χ0v) is 21.2. The highest BCUT2D eigenvalue weighted by Gasteiger charge is 2.39. The molecule has 7 heteroatoms. The zero-order chi connectivity index (χ0) is 24.7. The number of hydrogen-bond acceptors (Lipinski definition) is 4. The lowest BCUT2D eigenvalue weighted by Crippen LogP contribution is -2.55. The predicted molar refractivity (Wildman–Crippen MR) is 127 cm³/mol. The molecule has 2 N–H and O–H groups in total.